The maximum absolute atomic E-state index is 2.29. The highest BCUT2D eigenvalue weighted by Gasteiger charge is 1.94. The molecule has 140 valence electrons. The summed E-state index contributed by atoms with van der Waals surface area (Å²) in [6.07, 6.45) is 18.5. The number of unbranched alkanes of at least 4 members (excludes halogenated alkanes) is 11. The van der Waals surface area contributed by atoms with Gasteiger partial charge in [-0.1, -0.05) is 129 Å². The number of benzene rings is 1. The van der Waals surface area contributed by atoms with Crippen LogP contribution in [0.5, 0.6) is 0 Å². The van der Waals surface area contributed by atoms with E-state index in [0.717, 1.165) is 5.92 Å². The molecule has 0 saturated heterocycles. The van der Waals surface area contributed by atoms with Crippen LogP contribution in [0.25, 0.3) is 0 Å². The first kappa shape index (κ1) is 23.2. The molecule has 0 heterocycles. The molecule has 1 aromatic rings. The molecule has 0 amide bonds. The molecule has 0 heteroatoms. The normalized spacial score (nSPS) is 10.5. The van der Waals surface area contributed by atoms with Crippen LogP contribution in [0.3, 0.4) is 0 Å². The van der Waals surface area contributed by atoms with Crippen molar-refractivity contribution in [2.24, 2.45) is 5.92 Å². The quantitative estimate of drug-likeness (QED) is 0.317. The van der Waals surface area contributed by atoms with Gasteiger partial charge in [-0.15, -0.1) is 0 Å². The summed E-state index contributed by atoms with van der Waals surface area (Å²) in [4.78, 5) is 0. The molecule has 0 aromatic heterocycles. The topological polar surface area (TPSA) is 0 Å². The number of aryl methyl sites for hydroxylation is 1. The summed E-state index contributed by atoms with van der Waals surface area (Å²) in [5, 5.41) is 0. The van der Waals surface area contributed by atoms with Crippen LogP contribution in [0.4, 0.5) is 0 Å². The molecular weight excluding hydrogens is 288 g/mol. The van der Waals surface area contributed by atoms with Gasteiger partial charge in [-0.05, 0) is 24.3 Å². The zero-order valence-electron chi connectivity index (χ0n) is 17.2. The van der Waals surface area contributed by atoms with Crippen LogP contribution >= 0.6 is 0 Å². The molecule has 1 rings (SSSR count). The minimum atomic E-state index is 0.833. The second kappa shape index (κ2) is 18.6. The highest BCUT2D eigenvalue weighted by Crippen LogP contribution is 2.13. The van der Waals surface area contributed by atoms with Crippen LogP contribution in [0.1, 0.15) is 110 Å². The van der Waals surface area contributed by atoms with Crippen LogP contribution in [0.2, 0.25) is 0 Å². The fourth-order valence-electron chi connectivity index (χ4n) is 2.81. The third-order valence-corrected chi connectivity index (χ3v) is 4.16. The Bertz CT molecular complexity index is 322. The van der Waals surface area contributed by atoms with E-state index in [9.17, 15) is 0 Å². The lowest BCUT2D eigenvalue weighted by molar-refractivity contribution is 0.544. The van der Waals surface area contributed by atoms with Crippen molar-refractivity contribution in [1.29, 1.82) is 0 Å². The molecule has 0 N–H and O–H groups in total. The third kappa shape index (κ3) is 19.3. The lowest BCUT2D eigenvalue weighted by Crippen LogP contribution is -1.86. The predicted molar refractivity (Wildman–Crippen MR) is 112 cm³/mol. The summed E-state index contributed by atoms with van der Waals surface area (Å²) < 4.78 is 0. The van der Waals surface area contributed by atoms with E-state index in [2.05, 4.69) is 58.0 Å². The number of hydrogen-bond donors (Lipinski definition) is 0. The third-order valence-electron chi connectivity index (χ3n) is 4.16. The molecule has 0 saturated carbocycles. The molecule has 0 fully saturated rings. The standard InChI is InChI=1S/C20H34.C4H10/c1-2-3-4-5-6-7-8-9-10-11-12-14-17-20-18-15-13-16-19-20;1-4(2)3/h13,15-16,18-19H,2-12,14,17H2,1H3;4H,1-3H3. The SMILES string of the molecule is CC(C)C.CCCCCCCCCCCCCCc1ccccc1. The van der Waals surface area contributed by atoms with Gasteiger partial charge in [0.25, 0.3) is 0 Å². The van der Waals surface area contributed by atoms with Gasteiger partial charge in [0.15, 0.2) is 0 Å². The second-order valence-corrected chi connectivity index (χ2v) is 7.86. The molecule has 0 bridgehead atoms. The Morgan fingerprint density at radius 1 is 0.583 bits per heavy atom. The first-order valence-corrected chi connectivity index (χ1v) is 10.7. The Morgan fingerprint density at radius 2 is 0.958 bits per heavy atom. The minimum absolute atomic E-state index is 0.833. The van der Waals surface area contributed by atoms with Crippen LogP contribution in [0, 0.1) is 5.92 Å². The number of rotatable bonds is 13. The van der Waals surface area contributed by atoms with Crippen molar-refractivity contribution in [3.05, 3.63) is 35.9 Å². The maximum Gasteiger partial charge on any atom is -0.0279 e. The van der Waals surface area contributed by atoms with Gasteiger partial charge in [0.05, 0.1) is 0 Å². The molecule has 0 radical (unpaired) electrons. The summed E-state index contributed by atoms with van der Waals surface area (Å²) in [5.74, 6) is 0.833. The maximum atomic E-state index is 2.29. The van der Waals surface area contributed by atoms with E-state index in [4.69, 9.17) is 0 Å². The van der Waals surface area contributed by atoms with Gasteiger partial charge in [0.2, 0.25) is 0 Å². The van der Waals surface area contributed by atoms with Gasteiger partial charge in [-0.2, -0.15) is 0 Å². The summed E-state index contributed by atoms with van der Waals surface area (Å²) in [6.45, 7) is 8.79. The molecule has 0 unspecified atom stereocenters. The first-order valence-electron chi connectivity index (χ1n) is 10.7. The van der Waals surface area contributed by atoms with E-state index >= 15 is 0 Å². The van der Waals surface area contributed by atoms with Gasteiger partial charge in [0, 0.05) is 0 Å². The van der Waals surface area contributed by atoms with Crippen molar-refractivity contribution in [2.75, 3.05) is 0 Å². The van der Waals surface area contributed by atoms with E-state index in [1.165, 1.54) is 89.0 Å². The summed E-state index contributed by atoms with van der Waals surface area (Å²) in [6, 6.07) is 10.9. The fraction of sp³-hybridized carbons (Fsp3) is 0.750. The molecule has 24 heavy (non-hydrogen) atoms. The lowest BCUT2D eigenvalue weighted by atomic mass is 10.0. The van der Waals surface area contributed by atoms with Crippen molar-refractivity contribution in [3.8, 4) is 0 Å². The monoisotopic (exact) mass is 332 g/mol. The van der Waals surface area contributed by atoms with Crippen molar-refractivity contribution >= 4 is 0 Å². The van der Waals surface area contributed by atoms with Gasteiger partial charge in [-0.25, -0.2) is 0 Å². The molecule has 0 spiro atoms. The van der Waals surface area contributed by atoms with E-state index in [0.29, 0.717) is 0 Å². The Morgan fingerprint density at radius 3 is 1.38 bits per heavy atom. The smallest absolute Gasteiger partial charge is 0.0279 e. The van der Waals surface area contributed by atoms with Crippen molar-refractivity contribution < 1.29 is 0 Å². The average Bonchev–Trinajstić information content (AvgIpc) is 2.56. The zero-order chi connectivity index (χ0) is 17.9. The summed E-state index contributed by atoms with van der Waals surface area (Å²) >= 11 is 0. The molecule has 0 aliphatic heterocycles. The highest BCUT2D eigenvalue weighted by molar-refractivity contribution is 5.14. The van der Waals surface area contributed by atoms with Crippen molar-refractivity contribution in [1.82, 2.24) is 0 Å². The van der Waals surface area contributed by atoms with Crippen molar-refractivity contribution in [3.63, 3.8) is 0 Å². The summed E-state index contributed by atoms with van der Waals surface area (Å²) in [7, 11) is 0. The minimum Gasteiger partial charge on any atom is -0.0654 e. The van der Waals surface area contributed by atoms with Crippen LogP contribution in [0.15, 0.2) is 30.3 Å². The molecular formula is C24H44. The van der Waals surface area contributed by atoms with Gasteiger partial charge < -0.3 is 0 Å². The Balaban J connectivity index is 0.00000118. The Kier molecular flexibility index (Phi) is 18.0. The molecule has 0 aliphatic rings. The van der Waals surface area contributed by atoms with Gasteiger partial charge in [-0.3, -0.25) is 0 Å². The van der Waals surface area contributed by atoms with E-state index in [1.807, 2.05) is 0 Å². The predicted octanol–water partition coefficient (Wildman–Crippen LogP) is 8.59. The largest absolute Gasteiger partial charge is 0.0654 e. The highest BCUT2D eigenvalue weighted by atomic mass is 14.0. The van der Waals surface area contributed by atoms with Crippen molar-refractivity contribution in [2.45, 2.75) is 111 Å². The van der Waals surface area contributed by atoms with Crippen LogP contribution < -0.4 is 0 Å². The van der Waals surface area contributed by atoms with Crippen LogP contribution in [-0.4, -0.2) is 0 Å². The van der Waals surface area contributed by atoms with E-state index in [1.54, 1.807) is 0 Å². The van der Waals surface area contributed by atoms with Crippen LogP contribution in [-0.2, 0) is 6.42 Å². The first-order chi connectivity index (χ1) is 11.7. The molecule has 1 aromatic carbocycles. The van der Waals surface area contributed by atoms with E-state index < -0.39 is 0 Å². The summed E-state index contributed by atoms with van der Waals surface area (Å²) in [5.41, 5.74) is 1.50. The zero-order valence-corrected chi connectivity index (χ0v) is 17.2. The molecule has 0 aliphatic carbocycles. The van der Waals surface area contributed by atoms with E-state index in [-0.39, 0.29) is 0 Å². The van der Waals surface area contributed by atoms with Gasteiger partial charge in [0.1, 0.15) is 0 Å². The average molecular weight is 333 g/mol. The second-order valence-electron chi connectivity index (χ2n) is 7.86. The lowest BCUT2D eigenvalue weighted by Gasteiger charge is -2.03. The molecule has 0 nitrogen and oxygen atoms in total. The Hall–Kier alpha value is -0.780. The van der Waals surface area contributed by atoms with Gasteiger partial charge >= 0.3 is 0 Å². The fourth-order valence-corrected chi connectivity index (χ4v) is 2.81. The number of hydrogen-bond acceptors (Lipinski definition) is 0. The molecule has 0 atom stereocenters. The Labute approximate surface area is 153 Å².